The van der Waals surface area contributed by atoms with Gasteiger partial charge in [-0.1, -0.05) is 51.1 Å². The van der Waals surface area contributed by atoms with Gasteiger partial charge in [-0.3, -0.25) is 9.59 Å². The van der Waals surface area contributed by atoms with Gasteiger partial charge in [-0.15, -0.1) is 0 Å². The Kier molecular flexibility index (Phi) is 4.35. The lowest BCUT2D eigenvalue weighted by atomic mass is 9.87. The third-order valence-corrected chi connectivity index (χ3v) is 4.44. The summed E-state index contributed by atoms with van der Waals surface area (Å²) < 4.78 is 0. The smallest absolute Gasteiger partial charge is 0.246 e. The van der Waals surface area contributed by atoms with Crippen LogP contribution in [-0.4, -0.2) is 28.3 Å². The molecule has 0 saturated carbocycles. The van der Waals surface area contributed by atoms with Gasteiger partial charge >= 0.3 is 0 Å². The van der Waals surface area contributed by atoms with Crippen molar-refractivity contribution in [2.75, 3.05) is 0 Å². The summed E-state index contributed by atoms with van der Waals surface area (Å²) in [5.74, 6) is 0.0400. The maximum atomic E-state index is 12.8. The van der Waals surface area contributed by atoms with E-state index in [4.69, 9.17) is 0 Å². The van der Waals surface area contributed by atoms with Crippen LogP contribution in [0.25, 0.3) is 0 Å². The number of nitrogens with one attached hydrogen (secondary N) is 1. The molecule has 0 spiro atoms. The van der Waals surface area contributed by atoms with Crippen molar-refractivity contribution in [1.82, 2.24) is 10.2 Å². The summed E-state index contributed by atoms with van der Waals surface area (Å²) in [5, 5.41) is 2.89. The van der Waals surface area contributed by atoms with E-state index in [0.717, 1.165) is 5.56 Å². The molecule has 0 aliphatic carbocycles. The topological polar surface area (TPSA) is 49.4 Å². The first kappa shape index (κ1) is 15.5. The van der Waals surface area contributed by atoms with Crippen molar-refractivity contribution in [3.63, 3.8) is 0 Å². The highest BCUT2D eigenvalue weighted by atomic mass is 16.2. The van der Waals surface area contributed by atoms with Gasteiger partial charge in [0.05, 0.1) is 0 Å². The third-order valence-electron chi connectivity index (χ3n) is 4.44. The van der Waals surface area contributed by atoms with Crippen LogP contribution in [0.1, 0.15) is 39.7 Å². The fraction of sp³-hybridized carbons (Fsp3) is 0.529. The first-order chi connectivity index (χ1) is 9.90. The average Bonchev–Trinajstić information content (AvgIpc) is 2.48. The van der Waals surface area contributed by atoms with E-state index in [2.05, 4.69) is 5.32 Å². The van der Waals surface area contributed by atoms with Crippen LogP contribution in [-0.2, 0) is 16.1 Å². The van der Waals surface area contributed by atoms with E-state index >= 15 is 0 Å². The molecule has 1 aliphatic rings. The van der Waals surface area contributed by atoms with Crippen molar-refractivity contribution in [2.24, 2.45) is 5.92 Å². The largest absolute Gasteiger partial charge is 0.342 e. The zero-order chi connectivity index (χ0) is 15.6. The Bertz CT molecular complexity index is 527. The molecule has 1 heterocycles. The molecule has 114 valence electrons. The van der Waals surface area contributed by atoms with Crippen molar-refractivity contribution in [3.8, 4) is 0 Å². The van der Waals surface area contributed by atoms with E-state index in [9.17, 15) is 9.59 Å². The van der Waals surface area contributed by atoms with Gasteiger partial charge in [0.2, 0.25) is 11.8 Å². The SMILES string of the molecule is CCC1(C)C(=O)NC(C(C)C)C(=O)N1Cc1ccccc1. The predicted octanol–water partition coefficient (Wildman–Crippen LogP) is 2.34. The van der Waals surface area contributed by atoms with Crippen LogP contribution in [0.2, 0.25) is 0 Å². The molecule has 1 N–H and O–H groups in total. The molecule has 0 aromatic heterocycles. The van der Waals surface area contributed by atoms with Gasteiger partial charge < -0.3 is 10.2 Å². The Hall–Kier alpha value is -1.84. The molecule has 0 radical (unpaired) electrons. The Morgan fingerprint density at radius 1 is 1.24 bits per heavy atom. The molecule has 4 heteroatoms. The summed E-state index contributed by atoms with van der Waals surface area (Å²) in [5.41, 5.74) is 0.265. The van der Waals surface area contributed by atoms with Crippen LogP contribution >= 0.6 is 0 Å². The number of amides is 2. The lowest BCUT2D eigenvalue weighted by Crippen LogP contribution is -2.69. The zero-order valence-corrected chi connectivity index (χ0v) is 13.2. The zero-order valence-electron chi connectivity index (χ0n) is 13.2. The Labute approximate surface area is 126 Å². The van der Waals surface area contributed by atoms with Crippen LogP contribution < -0.4 is 5.32 Å². The second kappa shape index (κ2) is 5.88. The number of hydrogen-bond donors (Lipinski definition) is 1. The minimum Gasteiger partial charge on any atom is -0.342 e. The summed E-state index contributed by atoms with van der Waals surface area (Å²) in [4.78, 5) is 27.0. The van der Waals surface area contributed by atoms with Crippen LogP contribution in [0.15, 0.2) is 30.3 Å². The van der Waals surface area contributed by atoms with E-state index in [-0.39, 0.29) is 17.7 Å². The molecular weight excluding hydrogens is 264 g/mol. The first-order valence-electron chi connectivity index (χ1n) is 7.56. The number of carbonyl (C=O) groups excluding carboxylic acids is 2. The summed E-state index contributed by atoms with van der Waals surface area (Å²) >= 11 is 0. The second-order valence-corrected chi connectivity index (χ2v) is 6.23. The molecule has 21 heavy (non-hydrogen) atoms. The summed E-state index contributed by atoms with van der Waals surface area (Å²) in [6, 6.07) is 9.39. The second-order valence-electron chi connectivity index (χ2n) is 6.23. The van der Waals surface area contributed by atoms with Crippen molar-refractivity contribution in [1.29, 1.82) is 0 Å². The molecule has 1 aliphatic heterocycles. The fourth-order valence-corrected chi connectivity index (χ4v) is 2.71. The van der Waals surface area contributed by atoms with Crippen molar-refractivity contribution in [3.05, 3.63) is 35.9 Å². The molecule has 1 saturated heterocycles. The summed E-state index contributed by atoms with van der Waals surface area (Å²) in [7, 11) is 0. The lowest BCUT2D eigenvalue weighted by Gasteiger charge is -2.47. The van der Waals surface area contributed by atoms with Gasteiger partial charge in [0.25, 0.3) is 0 Å². The first-order valence-corrected chi connectivity index (χ1v) is 7.56. The van der Waals surface area contributed by atoms with Crippen LogP contribution in [0.4, 0.5) is 0 Å². The van der Waals surface area contributed by atoms with Crippen LogP contribution in [0.5, 0.6) is 0 Å². The van der Waals surface area contributed by atoms with E-state index < -0.39 is 11.6 Å². The number of piperazine rings is 1. The molecule has 2 rings (SSSR count). The van der Waals surface area contributed by atoms with Gasteiger partial charge in [0.15, 0.2) is 0 Å². The maximum Gasteiger partial charge on any atom is 0.246 e. The molecular formula is C17H24N2O2. The minimum absolute atomic E-state index is 0.0119. The fourth-order valence-electron chi connectivity index (χ4n) is 2.71. The predicted molar refractivity (Wildman–Crippen MR) is 82.5 cm³/mol. The quantitative estimate of drug-likeness (QED) is 0.924. The van der Waals surface area contributed by atoms with E-state index in [1.54, 1.807) is 4.90 Å². The molecule has 2 amide bonds. The molecule has 4 nitrogen and oxygen atoms in total. The highest BCUT2D eigenvalue weighted by Gasteiger charge is 2.48. The van der Waals surface area contributed by atoms with Gasteiger partial charge in [-0.05, 0) is 24.8 Å². The van der Waals surface area contributed by atoms with Gasteiger partial charge in [-0.2, -0.15) is 0 Å². The number of hydrogen-bond acceptors (Lipinski definition) is 2. The van der Waals surface area contributed by atoms with E-state index in [1.807, 2.05) is 58.0 Å². The van der Waals surface area contributed by atoms with Crippen molar-refractivity contribution >= 4 is 11.8 Å². The summed E-state index contributed by atoms with van der Waals surface area (Å²) in [6.07, 6.45) is 0.599. The molecule has 1 aromatic rings. The van der Waals surface area contributed by atoms with Gasteiger partial charge in [0, 0.05) is 6.54 Å². The standard InChI is InChI=1S/C17H24N2O2/c1-5-17(4)16(21)18-14(12(2)3)15(20)19(17)11-13-9-7-6-8-10-13/h6-10,12,14H,5,11H2,1-4H3,(H,18,21). The normalized spacial score (nSPS) is 26.1. The Morgan fingerprint density at radius 3 is 2.38 bits per heavy atom. The van der Waals surface area contributed by atoms with Crippen LogP contribution in [0.3, 0.4) is 0 Å². The van der Waals surface area contributed by atoms with Gasteiger partial charge in [0.1, 0.15) is 11.6 Å². The van der Waals surface area contributed by atoms with Crippen molar-refractivity contribution in [2.45, 2.75) is 52.2 Å². The average molecular weight is 288 g/mol. The molecule has 1 fully saturated rings. The molecule has 0 bridgehead atoms. The molecule has 1 aromatic carbocycles. The maximum absolute atomic E-state index is 12.8. The monoisotopic (exact) mass is 288 g/mol. The number of rotatable bonds is 4. The third kappa shape index (κ3) is 2.80. The number of benzene rings is 1. The highest BCUT2D eigenvalue weighted by Crippen LogP contribution is 2.28. The Balaban J connectivity index is 2.35. The minimum atomic E-state index is -0.779. The number of carbonyl (C=O) groups is 2. The number of nitrogens with zero attached hydrogens (tertiary/aromatic N) is 1. The van der Waals surface area contributed by atoms with E-state index in [1.165, 1.54) is 0 Å². The van der Waals surface area contributed by atoms with Crippen molar-refractivity contribution < 1.29 is 9.59 Å². The molecule has 2 atom stereocenters. The lowest BCUT2D eigenvalue weighted by molar-refractivity contribution is -0.158. The summed E-state index contributed by atoms with van der Waals surface area (Å²) in [6.45, 7) is 8.18. The van der Waals surface area contributed by atoms with Crippen LogP contribution in [0, 0.1) is 5.92 Å². The Morgan fingerprint density at radius 2 is 1.86 bits per heavy atom. The van der Waals surface area contributed by atoms with E-state index in [0.29, 0.717) is 13.0 Å². The highest BCUT2D eigenvalue weighted by molar-refractivity contribution is 5.99. The molecule has 2 unspecified atom stereocenters. The van der Waals surface area contributed by atoms with Gasteiger partial charge in [-0.25, -0.2) is 0 Å².